The van der Waals surface area contributed by atoms with E-state index in [0.717, 1.165) is 32.9 Å². The quantitative estimate of drug-likeness (QED) is 0.158. The number of nitrogens with zero attached hydrogens (tertiary/aromatic N) is 8. The predicted octanol–water partition coefficient (Wildman–Crippen LogP) is 4.95. The predicted molar refractivity (Wildman–Crippen MR) is 229 cm³/mol. The Labute approximate surface area is 355 Å². The van der Waals surface area contributed by atoms with Crippen LogP contribution in [0.25, 0.3) is 43.9 Å². The van der Waals surface area contributed by atoms with Crippen LogP contribution in [0.5, 0.6) is 11.5 Å². The second-order valence-electron chi connectivity index (χ2n) is 15.5. The fourth-order valence-electron chi connectivity index (χ4n) is 8.13. The molecule has 2 aromatic carbocycles. The van der Waals surface area contributed by atoms with Crippen molar-refractivity contribution in [1.82, 2.24) is 39.0 Å². The molecule has 0 aliphatic carbocycles. The lowest BCUT2D eigenvalue weighted by Crippen LogP contribution is -2.34. The molecule has 8 aromatic rings. The summed E-state index contributed by atoms with van der Waals surface area (Å²) in [6.07, 6.45) is 4.72. The van der Waals surface area contributed by atoms with E-state index >= 15 is 0 Å². The van der Waals surface area contributed by atoms with Crippen LogP contribution in [-0.2, 0) is 18.9 Å². The molecule has 3 saturated heterocycles. The van der Waals surface area contributed by atoms with Gasteiger partial charge in [-0.1, -0.05) is 19.6 Å². The van der Waals surface area contributed by atoms with Crippen LogP contribution < -0.4 is 20.9 Å². The molecule has 3 fully saturated rings. The lowest BCUT2D eigenvalue weighted by Gasteiger charge is -2.25. The van der Waals surface area contributed by atoms with Gasteiger partial charge in [-0.25, -0.2) is 19.9 Å². The summed E-state index contributed by atoms with van der Waals surface area (Å²) in [5.41, 5.74) is 14.8. The van der Waals surface area contributed by atoms with Crippen LogP contribution in [0.4, 0.5) is 11.6 Å². The van der Waals surface area contributed by atoms with Crippen molar-refractivity contribution in [3.63, 3.8) is 0 Å². The summed E-state index contributed by atoms with van der Waals surface area (Å²) in [4.78, 5) is 25.3. The van der Waals surface area contributed by atoms with Crippen molar-refractivity contribution in [1.29, 1.82) is 0 Å². The van der Waals surface area contributed by atoms with Crippen LogP contribution in [0.2, 0.25) is 0 Å². The van der Waals surface area contributed by atoms with Crippen molar-refractivity contribution < 1.29 is 38.6 Å². The molecule has 62 heavy (non-hydrogen) atoms. The molecule has 3 aliphatic rings. The maximum Gasteiger partial charge on any atom is 0.164 e. The first-order chi connectivity index (χ1) is 29.6. The van der Waals surface area contributed by atoms with Crippen molar-refractivity contribution in [2.45, 2.75) is 76.1 Å². The van der Waals surface area contributed by atoms with Gasteiger partial charge in [-0.3, -0.25) is 9.97 Å². The average Bonchev–Trinajstić information content (AvgIpc) is 4.09. The number of aliphatic hydroxyl groups excluding tert-OH is 2. The third kappa shape index (κ3) is 7.56. The monoisotopic (exact) mass is 842 g/mol. The lowest BCUT2D eigenvalue weighted by atomic mass is 10.1. The van der Waals surface area contributed by atoms with Crippen molar-refractivity contribution >= 4 is 55.5 Å². The van der Waals surface area contributed by atoms with Gasteiger partial charge in [-0.2, -0.15) is 0 Å². The second kappa shape index (κ2) is 16.4. The molecule has 0 bridgehead atoms. The number of hydrogen-bond donors (Lipinski definition) is 4. The molecule has 0 unspecified atom stereocenters. The first-order valence-electron chi connectivity index (χ1n) is 19.7. The fourth-order valence-corrected chi connectivity index (χ4v) is 8.13. The fraction of sp³-hybridized carbons (Fsp3) is 0.318. The molecule has 0 saturated carbocycles. The number of hydrogen-bond acceptors (Lipinski definition) is 16. The van der Waals surface area contributed by atoms with E-state index in [4.69, 9.17) is 39.9 Å². The molecule has 11 rings (SSSR count). The minimum absolute atomic E-state index is 0. The standard InChI is InChI=1S/C23H23N5O4.C20H19N5O4.CH4/c1-23(2)31-18-17(11-29-14-6-5-13-4-3-8-25-16(13)10-14)30-22(19(18)32-23)28-9-7-15-20(24)26-12-27-21(15)28;21-18-13-5-7-25(19(13)24-10-23-18)20-17(27)16(26)15(29-20)9-28-12-4-3-11-2-1-6-22-14(11)8-12;/h3-10,12,17-19,22H,11H2,1-2H3,(H2,24,26,27);1-8,10,15-17,20,26-27H,9H2,(H2,21,23,24);1H4/t17-,18-,19-,22-;15-,16-,17-,20-;/m11./s1. The maximum absolute atomic E-state index is 10.5. The molecular formula is C44H46N10O8. The van der Waals surface area contributed by atoms with Gasteiger partial charge in [-0.15, -0.1) is 0 Å². The number of nitrogen functional groups attached to an aromatic ring is 2. The summed E-state index contributed by atoms with van der Waals surface area (Å²) in [6.45, 7) is 4.20. The number of aromatic nitrogens is 8. The van der Waals surface area contributed by atoms with Gasteiger partial charge in [0.05, 0.1) is 21.8 Å². The summed E-state index contributed by atoms with van der Waals surface area (Å²) in [6, 6.07) is 22.8. The van der Waals surface area contributed by atoms with Gasteiger partial charge in [0, 0.05) is 47.7 Å². The molecule has 3 aliphatic heterocycles. The minimum Gasteiger partial charge on any atom is -0.491 e. The molecule has 18 nitrogen and oxygen atoms in total. The molecule has 8 atom stereocenters. The zero-order chi connectivity index (χ0) is 41.8. The lowest BCUT2D eigenvalue weighted by molar-refractivity contribution is -0.198. The van der Waals surface area contributed by atoms with Crippen LogP contribution in [0.3, 0.4) is 0 Å². The van der Waals surface area contributed by atoms with Gasteiger partial charge >= 0.3 is 0 Å². The molecule has 320 valence electrons. The number of aliphatic hydroxyl groups is 2. The van der Waals surface area contributed by atoms with E-state index < -0.39 is 36.6 Å². The van der Waals surface area contributed by atoms with Crippen LogP contribution in [-0.4, -0.2) is 105 Å². The molecule has 0 radical (unpaired) electrons. The van der Waals surface area contributed by atoms with Gasteiger partial charge in [0.25, 0.3) is 0 Å². The van der Waals surface area contributed by atoms with Crippen molar-refractivity contribution in [2.75, 3.05) is 24.7 Å². The molecular weight excluding hydrogens is 797 g/mol. The zero-order valence-corrected chi connectivity index (χ0v) is 33.0. The Hall–Kier alpha value is -6.54. The van der Waals surface area contributed by atoms with Gasteiger partial charge in [0.1, 0.15) is 96.9 Å². The highest BCUT2D eigenvalue weighted by Gasteiger charge is 2.56. The number of anilines is 2. The van der Waals surface area contributed by atoms with Crippen molar-refractivity contribution in [3.05, 3.63) is 110 Å². The summed E-state index contributed by atoms with van der Waals surface area (Å²) < 4.78 is 40.2. The van der Waals surface area contributed by atoms with Gasteiger partial charge < -0.3 is 59.2 Å². The smallest absolute Gasteiger partial charge is 0.164 e. The Kier molecular flexibility index (Phi) is 10.8. The number of pyridine rings is 2. The van der Waals surface area contributed by atoms with Crippen LogP contribution in [0.15, 0.2) is 110 Å². The Morgan fingerprint density at radius 1 is 0.629 bits per heavy atom. The second-order valence-corrected chi connectivity index (χ2v) is 15.5. The topological polar surface area (TPSA) is 235 Å². The highest BCUT2D eigenvalue weighted by molar-refractivity contribution is 5.87. The molecule has 0 spiro atoms. The van der Waals surface area contributed by atoms with Gasteiger partial charge in [0.2, 0.25) is 0 Å². The molecule has 0 amide bonds. The summed E-state index contributed by atoms with van der Waals surface area (Å²) in [7, 11) is 0. The Morgan fingerprint density at radius 3 is 1.73 bits per heavy atom. The first-order valence-corrected chi connectivity index (χ1v) is 19.7. The van der Waals surface area contributed by atoms with E-state index in [0.29, 0.717) is 40.7 Å². The van der Waals surface area contributed by atoms with E-state index in [2.05, 4.69) is 29.9 Å². The first kappa shape index (κ1) is 40.8. The third-order valence-electron chi connectivity index (χ3n) is 11.1. The van der Waals surface area contributed by atoms with Crippen molar-refractivity contribution in [3.8, 4) is 11.5 Å². The highest BCUT2D eigenvalue weighted by Crippen LogP contribution is 2.44. The van der Waals surface area contributed by atoms with Crippen molar-refractivity contribution in [2.24, 2.45) is 0 Å². The number of benzene rings is 2. The number of fused-ring (bicyclic) bond motifs is 5. The van der Waals surface area contributed by atoms with E-state index in [1.54, 1.807) is 29.2 Å². The largest absolute Gasteiger partial charge is 0.491 e. The average molecular weight is 843 g/mol. The van der Waals surface area contributed by atoms with E-state index in [9.17, 15) is 10.2 Å². The Bertz CT molecular complexity index is 2870. The SMILES string of the molecule is C.CC1(C)O[C@@H]2[C@H](O1)[C@@H](COc1ccc3cccnc3c1)O[C@H]2n1ccc2c(N)ncnc21.Nc1ncnc2c1ccn2[C@@H]1O[C@H](COc2ccc3cccnc3c2)[C@@H](O)[C@H]1O. The Balaban J connectivity index is 0.000000156. The van der Waals surface area contributed by atoms with Crippen LogP contribution >= 0.6 is 0 Å². The summed E-state index contributed by atoms with van der Waals surface area (Å²) >= 11 is 0. The Morgan fingerprint density at radius 2 is 1.15 bits per heavy atom. The molecule has 6 N–H and O–H groups in total. The maximum atomic E-state index is 10.5. The van der Waals surface area contributed by atoms with Crippen LogP contribution in [0.1, 0.15) is 33.7 Å². The summed E-state index contributed by atoms with van der Waals surface area (Å²) in [5.74, 6) is 1.38. The van der Waals surface area contributed by atoms with Crippen LogP contribution in [0, 0.1) is 0 Å². The molecule has 9 heterocycles. The van der Waals surface area contributed by atoms with E-state index in [-0.39, 0.29) is 32.3 Å². The third-order valence-corrected chi connectivity index (χ3v) is 11.1. The molecule has 18 heteroatoms. The minimum atomic E-state index is -1.14. The number of ether oxygens (including phenoxy) is 6. The zero-order valence-electron chi connectivity index (χ0n) is 33.0. The number of rotatable bonds is 8. The van der Waals surface area contributed by atoms with Gasteiger partial charge in [-0.05, 0) is 62.4 Å². The summed E-state index contributed by atoms with van der Waals surface area (Å²) in [5, 5.41) is 24.5. The normalized spacial score (nSPS) is 25.1. The molecule has 6 aromatic heterocycles. The van der Waals surface area contributed by atoms with E-state index in [1.165, 1.54) is 12.7 Å². The number of nitrogens with two attached hydrogens (primary N) is 2. The highest BCUT2D eigenvalue weighted by atomic mass is 16.8. The van der Waals surface area contributed by atoms with Gasteiger partial charge in [0.15, 0.2) is 18.2 Å². The van der Waals surface area contributed by atoms with E-state index in [1.807, 2.05) is 91.3 Å².